The van der Waals surface area contributed by atoms with E-state index in [1.54, 1.807) is 36.4 Å². The Bertz CT molecular complexity index is 2000. The number of nitrogens with zero attached hydrogens (tertiary/aromatic N) is 4. The third-order valence-electron chi connectivity index (χ3n) is 11.4. The van der Waals surface area contributed by atoms with Crippen LogP contribution in [-0.2, 0) is 16.0 Å². The lowest BCUT2D eigenvalue weighted by Gasteiger charge is -2.45. The Hall–Kier alpha value is -5.28. The molecule has 8 rings (SSSR count). The molecule has 4 aliphatic heterocycles. The van der Waals surface area contributed by atoms with Crippen molar-refractivity contribution in [3.8, 4) is 34.6 Å². The van der Waals surface area contributed by atoms with Gasteiger partial charge in [0.1, 0.15) is 17.5 Å². The van der Waals surface area contributed by atoms with Crippen LogP contribution in [0, 0.1) is 29.1 Å². The normalized spacial score (nSPS) is 24.3. The van der Waals surface area contributed by atoms with Gasteiger partial charge in [0.25, 0.3) is 11.8 Å². The Kier molecular flexibility index (Phi) is 8.46. The maximum absolute atomic E-state index is 13.4. The lowest BCUT2D eigenvalue weighted by molar-refractivity contribution is -0.136. The summed E-state index contributed by atoms with van der Waals surface area (Å²) in [6, 6.07) is 11.3. The van der Waals surface area contributed by atoms with E-state index in [1.807, 2.05) is 6.07 Å². The molecule has 1 saturated carbocycles. The largest absolute Gasteiger partial charge is 0.507 e. The molecule has 1 spiro atoms. The maximum atomic E-state index is 13.4. The van der Waals surface area contributed by atoms with Gasteiger partial charge < -0.3 is 20.5 Å². The van der Waals surface area contributed by atoms with E-state index in [1.165, 1.54) is 0 Å². The number of phenols is 1. The summed E-state index contributed by atoms with van der Waals surface area (Å²) in [7, 11) is 0. The molecule has 51 heavy (non-hydrogen) atoms. The van der Waals surface area contributed by atoms with E-state index in [0.717, 1.165) is 75.0 Å². The van der Waals surface area contributed by atoms with Gasteiger partial charge in [0.15, 0.2) is 5.82 Å². The number of likely N-dealkylation sites (tertiary alicyclic amines) is 1. The topological polar surface area (TPSA) is 168 Å². The van der Waals surface area contributed by atoms with Gasteiger partial charge in [-0.05, 0) is 106 Å². The fraction of sp³-hybridized carbons (Fsp3) is 0.436. The summed E-state index contributed by atoms with van der Waals surface area (Å²) >= 11 is 0. The zero-order valence-electron chi connectivity index (χ0n) is 28.3. The molecule has 4 N–H and O–H groups in total. The van der Waals surface area contributed by atoms with Gasteiger partial charge in [-0.15, -0.1) is 10.2 Å². The summed E-state index contributed by atoms with van der Waals surface area (Å²) in [6.07, 6.45) is 7.30. The van der Waals surface area contributed by atoms with Crippen molar-refractivity contribution in [1.82, 2.24) is 25.3 Å². The summed E-state index contributed by atoms with van der Waals surface area (Å²) in [5.41, 5.74) is 9.31. The zero-order valence-corrected chi connectivity index (χ0v) is 28.3. The van der Waals surface area contributed by atoms with Crippen LogP contribution in [0.25, 0.3) is 11.3 Å². The van der Waals surface area contributed by atoms with Crippen molar-refractivity contribution < 1.29 is 29.0 Å². The number of ether oxygens (including phenoxy) is 1. The highest BCUT2D eigenvalue weighted by Crippen LogP contribution is 2.44. The molecule has 1 atom stereocenters. The summed E-state index contributed by atoms with van der Waals surface area (Å²) in [4.78, 5) is 54.3. The monoisotopic (exact) mass is 688 g/mol. The molecule has 1 aliphatic carbocycles. The zero-order chi connectivity index (χ0) is 35.3. The second kappa shape index (κ2) is 13.1. The van der Waals surface area contributed by atoms with Gasteiger partial charge in [-0.25, -0.2) is 0 Å². The van der Waals surface area contributed by atoms with Gasteiger partial charge in [0.05, 0.1) is 29.0 Å². The number of aromatic nitrogens is 2. The summed E-state index contributed by atoms with van der Waals surface area (Å²) < 4.78 is 6.27. The van der Waals surface area contributed by atoms with Crippen molar-refractivity contribution in [3.63, 3.8) is 0 Å². The molecule has 0 bridgehead atoms. The molecular weight excluding hydrogens is 648 g/mol. The van der Waals surface area contributed by atoms with Crippen molar-refractivity contribution in [2.45, 2.75) is 63.8 Å². The molecule has 3 aromatic rings. The molecule has 4 amide bonds. The number of hydrogen-bond acceptors (Lipinski definition) is 10. The van der Waals surface area contributed by atoms with Crippen LogP contribution in [0.15, 0.2) is 42.5 Å². The molecule has 0 radical (unpaired) electrons. The Balaban J connectivity index is 0.845. The standard InChI is InChI=1S/C39H40N6O6/c40-35-25(18-30(42-43-35)27-3-1-2-4-32(27)46)10-9-23-5-7-24(8-6-23)21-44-15-13-39(14-16-44)20-26-17-28-29(19-33(26)51-22-39)38(50)45(37(28)49)31-11-12-34(47)41-36(31)48/h1-4,17-19,23-24,31,46H,5-8,11-16,20-22H2,(H2,40,43)(H,41,47,48)/t23-,24+,31?. The number of para-hydroxylation sites is 1. The molecule has 5 heterocycles. The average molecular weight is 689 g/mol. The predicted molar refractivity (Wildman–Crippen MR) is 186 cm³/mol. The molecular formula is C39H40N6O6. The van der Waals surface area contributed by atoms with Crippen LogP contribution in [0.5, 0.6) is 11.5 Å². The third kappa shape index (κ3) is 6.31. The molecule has 12 nitrogen and oxygen atoms in total. The SMILES string of the molecule is Nc1nnc(-c2ccccc2O)cc1C#C[C@H]1CC[C@@H](CN2CCC3(CC2)COc2cc4c(cc2C3)C(=O)N(C2CCC(=O)NC2=O)C4=O)CC1. The van der Waals surface area contributed by atoms with Gasteiger partial charge >= 0.3 is 0 Å². The Labute approximate surface area is 295 Å². The minimum atomic E-state index is -0.985. The van der Waals surface area contributed by atoms with Crippen molar-refractivity contribution in [3.05, 3.63) is 64.7 Å². The molecule has 12 heteroatoms. The molecule has 1 aromatic heterocycles. The van der Waals surface area contributed by atoms with Crippen molar-refractivity contribution in [1.29, 1.82) is 0 Å². The number of fused-ring (bicyclic) bond motifs is 2. The van der Waals surface area contributed by atoms with E-state index in [0.29, 0.717) is 46.6 Å². The number of nitrogen functional groups attached to an aromatic ring is 1. The maximum Gasteiger partial charge on any atom is 0.262 e. The third-order valence-corrected chi connectivity index (χ3v) is 11.4. The number of imide groups is 2. The quantitative estimate of drug-likeness (QED) is 0.272. The number of carbonyl (C=O) groups excluding carboxylic acids is 4. The molecule has 3 fully saturated rings. The second-order valence-corrected chi connectivity index (χ2v) is 14.8. The van der Waals surface area contributed by atoms with Crippen LogP contribution in [0.3, 0.4) is 0 Å². The summed E-state index contributed by atoms with van der Waals surface area (Å²) in [5.74, 6) is 6.64. The highest BCUT2D eigenvalue weighted by atomic mass is 16.5. The predicted octanol–water partition coefficient (Wildman–Crippen LogP) is 3.71. The van der Waals surface area contributed by atoms with Gasteiger partial charge in [0.2, 0.25) is 11.8 Å². The highest BCUT2D eigenvalue weighted by Gasteiger charge is 2.47. The Morgan fingerprint density at radius 1 is 0.941 bits per heavy atom. The van der Waals surface area contributed by atoms with Crippen LogP contribution in [-0.4, -0.2) is 81.0 Å². The van der Waals surface area contributed by atoms with Gasteiger partial charge in [0, 0.05) is 29.9 Å². The van der Waals surface area contributed by atoms with Crippen LogP contribution < -0.4 is 15.8 Å². The van der Waals surface area contributed by atoms with E-state index in [2.05, 4.69) is 32.3 Å². The number of phenolic OH excluding ortho intramolecular Hbond substituents is 1. The minimum absolute atomic E-state index is 0.0251. The Morgan fingerprint density at radius 2 is 1.69 bits per heavy atom. The molecule has 5 aliphatic rings. The van der Waals surface area contributed by atoms with Crippen LogP contribution in [0.2, 0.25) is 0 Å². The van der Waals surface area contributed by atoms with E-state index in [9.17, 15) is 24.3 Å². The van der Waals surface area contributed by atoms with E-state index >= 15 is 0 Å². The van der Waals surface area contributed by atoms with Gasteiger partial charge in [-0.3, -0.25) is 29.4 Å². The van der Waals surface area contributed by atoms with E-state index in [4.69, 9.17) is 10.5 Å². The van der Waals surface area contributed by atoms with E-state index in [-0.39, 0.29) is 35.4 Å². The number of hydrogen-bond donors (Lipinski definition) is 3. The first-order chi connectivity index (χ1) is 24.7. The number of carbonyl (C=O) groups is 4. The number of nitrogens with two attached hydrogens (primary N) is 1. The van der Waals surface area contributed by atoms with E-state index < -0.39 is 29.7 Å². The molecule has 1 unspecified atom stereocenters. The first kappa shape index (κ1) is 32.9. The van der Waals surface area contributed by atoms with Crippen LogP contribution >= 0.6 is 0 Å². The van der Waals surface area contributed by atoms with Crippen molar-refractivity contribution in [2.75, 3.05) is 32.0 Å². The van der Waals surface area contributed by atoms with Crippen LogP contribution in [0.4, 0.5) is 5.82 Å². The highest BCUT2D eigenvalue weighted by molar-refractivity contribution is 6.23. The van der Waals surface area contributed by atoms with Crippen molar-refractivity contribution >= 4 is 29.4 Å². The molecule has 262 valence electrons. The fourth-order valence-corrected chi connectivity index (χ4v) is 8.39. The first-order valence-corrected chi connectivity index (χ1v) is 17.8. The van der Waals surface area contributed by atoms with Crippen LogP contribution in [0.1, 0.15) is 83.2 Å². The Morgan fingerprint density at radius 3 is 2.43 bits per heavy atom. The fourth-order valence-electron chi connectivity index (χ4n) is 8.39. The average Bonchev–Trinajstić information content (AvgIpc) is 3.36. The summed E-state index contributed by atoms with van der Waals surface area (Å²) in [5, 5.41) is 20.7. The number of anilines is 1. The number of nitrogens with one attached hydrogen (secondary N) is 1. The lowest BCUT2D eigenvalue weighted by Crippen LogP contribution is -2.54. The second-order valence-electron chi connectivity index (χ2n) is 14.8. The van der Waals surface area contributed by atoms with Gasteiger partial charge in [-0.1, -0.05) is 24.0 Å². The van der Waals surface area contributed by atoms with Crippen molar-refractivity contribution in [2.24, 2.45) is 17.3 Å². The number of benzene rings is 2. The van der Waals surface area contributed by atoms with Gasteiger partial charge in [-0.2, -0.15) is 0 Å². The molecule has 2 saturated heterocycles. The molecule has 2 aromatic carbocycles. The minimum Gasteiger partial charge on any atom is -0.507 e. The summed E-state index contributed by atoms with van der Waals surface area (Å²) in [6.45, 7) is 3.61. The lowest BCUT2D eigenvalue weighted by atomic mass is 9.72. The number of amides is 4. The number of rotatable bonds is 4. The smallest absolute Gasteiger partial charge is 0.262 e. The first-order valence-electron chi connectivity index (χ1n) is 17.8. The number of piperidine rings is 2. The number of aromatic hydroxyl groups is 1.